The molecule has 8 nitrogen and oxygen atoms in total. The van der Waals surface area contributed by atoms with E-state index in [4.69, 9.17) is 21.1 Å². The monoisotopic (exact) mass is 554 g/mol. The van der Waals surface area contributed by atoms with Crippen LogP contribution in [0.25, 0.3) is 0 Å². The number of nitrogens with one attached hydrogen (secondary N) is 1. The SMILES string of the molecule is COC(=O)[C@H]1N[C@H]2c3ccc(Cl)cc3N(S(=O)(=O)c3ccc(C)cc3)C[C@]2(C(=O)OC)[C@@H]1c1ccccc1. The van der Waals surface area contributed by atoms with E-state index in [1.165, 1.54) is 30.7 Å². The van der Waals surface area contributed by atoms with Crippen LogP contribution in [0.1, 0.15) is 28.7 Å². The van der Waals surface area contributed by atoms with E-state index in [0.717, 1.165) is 5.56 Å². The van der Waals surface area contributed by atoms with Crippen molar-refractivity contribution < 1.29 is 27.5 Å². The van der Waals surface area contributed by atoms with Gasteiger partial charge in [0.25, 0.3) is 10.0 Å². The zero-order valence-electron chi connectivity index (χ0n) is 21.1. The van der Waals surface area contributed by atoms with Crippen molar-refractivity contribution in [1.29, 1.82) is 0 Å². The first-order valence-corrected chi connectivity index (χ1v) is 13.8. The molecule has 0 aliphatic carbocycles. The van der Waals surface area contributed by atoms with Crippen molar-refractivity contribution in [3.63, 3.8) is 0 Å². The molecule has 1 N–H and O–H groups in total. The number of carbonyl (C=O) groups is 2. The normalized spacial score (nSPS) is 24.3. The van der Waals surface area contributed by atoms with Gasteiger partial charge in [-0.05, 0) is 42.3 Å². The predicted octanol–water partition coefficient (Wildman–Crippen LogP) is 3.99. The second-order valence-corrected chi connectivity index (χ2v) is 11.8. The summed E-state index contributed by atoms with van der Waals surface area (Å²) in [7, 11) is -1.61. The van der Waals surface area contributed by atoms with Gasteiger partial charge in [0.15, 0.2) is 0 Å². The van der Waals surface area contributed by atoms with Gasteiger partial charge in [0.1, 0.15) is 11.5 Å². The lowest BCUT2D eigenvalue weighted by Gasteiger charge is -2.46. The third-order valence-corrected chi connectivity index (χ3v) is 9.52. The average Bonchev–Trinajstić information content (AvgIpc) is 3.28. The number of nitrogens with zero attached hydrogens (tertiary/aromatic N) is 1. The third kappa shape index (κ3) is 3.97. The van der Waals surface area contributed by atoms with Gasteiger partial charge in [-0.25, -0.2) is 8.42 Å². The van der Waals surface area contributed by atoms with Crippen molar-refractivity contribution in [3.05, 3.63) is 94.5 Å². The summed E-state index contributed by atoms with van der Waals surface area (Å²) in [6.45, 7) is 1.58. The van der Waals surface area contributed by atoms with E-state index in [-0.39, 0.29) is 11.4 Å². The van der Waals surface area contributed by atoms with E-state index < -0.39 is 45.4 Å². The summed E-state index contributed by atoms with van der Waals surface area (Å²) in [5.74, 6) is -2.01. The molecule has 1 saturated heterocycles. The molecule has 0 amide bonds. The number of fused-ring (bicyclic) bond motifs is 3. The van der Waals surface area contributed by atoms with E-state index >= 15 is 0 Å². The van der Waals surface area contributed by atoms with Gasteiger partial charge < -0.3 is 9.47 Å². The standard InChI is InChI=1S/C28H27ClN2O6S/c1-17-9-12-20(13-10-17)38(34,35)31-16-28(27(33)37-3)23(18-7-5-4-6-8-18)24(26(32)36-2)30-25(28)21-14-11-19(29)15-22(21)31/h4-15,23-25,30H,16H2,1-3H3/t23-,24+,25+,28+/m1/s1. The fraction of sp³-hybridized carbons (Fsp3) is 0.286. The number of methoxy groups -OCH3 is 2. The van der Waals surface area contributed by atoms with Crippen LogP contribution in [0.3, 0.4) is 0 Å². The molecule has 2 aliphatic heterocycles. The smallest absolute Gasteiger partial charge is 0.323 e. The molecule has 2 heterocycles. The molecule has 198 valence electrons. The first kappa shape index (κ1) is 26.2. The molecule has 0 saturated carbocycles. The fourth-order valence-electron chi connectivity index (χ4n) is 5.79. The van der Waals surface area contributed by atoms with Gasteiger partial charge in [-0.2, -0.15) is 0 Å². The highest BCUT2D eigenvalue weighted by atomic mass is 35.5. The molecule has 3 aromatic rings. The minimum absolute atomic E-state index is 0.0687. The van der Waals surface area contributed by atoms with Crippen molar-refractivity contribution in [2.24, 2.45) is 5.41 Å². The minimum atomic E-state index is -4.15. The molecule has 10 heteroatoms. The van der Waals surface area contributed by atoms with Crippen LogP contribution in [0.2, 0.25) is 5.02 Å². The van der Waals surface area contributed by atoms with Crippen LogP contribution in [-0.4, -0.2) is 47.2 Å². The lowest BCUT2D eigenvalue weighted by atomic mass is 9.65. The van der Waals surface area contributed by atoms with E-state index in [1.54, 1.807) is 42.5 Å². The van der Waals surface area contributed by atoms with Gasteiger partial charge in [-0.3, -0.25) is 19.2 Å². The van der Waals surface area contributed by atoms with Crippen molar-refractivity contribution in [3.8, 4) is 0 Å². The maximum atomic E-state index is 14.1. The average molecular weight is 555 g/mol. The topological polar surface area (TPSA) is 102 Å². The Labute approximate surface area is 226 Å². The molecule has 0 aromatic heterocycles. The molecule has 0 radical (unpaired) electrons. The Hall–Kier alpha value is -3.40. The summed E-state index contributed by atoms with van der Waals surface area (Å²) in [6.07, 6.45) is 0. The predicted molar refractivity (Wildman–Crippen MR) is 142 cm³/mol. The van der Waals surface area contributed by atoms with Crippen molar-refractivity contribution in [2.75, 3.05) is 25.1 Å². The number of hydrogen-bond acceptors (Lipinski definition) is 7. The van der Waals surface area contributed by atoms with Crippen molar-refractivity contribution >= 4 is 39.3 Å². The Morgan fingerprint density at radius 1 is 1.00 bits per heavy atom. The first-order valence-electron chi connectivity index (χ1n) is 12.0. The van der Waals surface area contributed by atoms with Crippen LogP contribution in [0.4, 0.5) is 5.69 Å². The number of benzene rings is 3. The Balaban J connectivity index is 1.80. The Morgan fingerprint density at radius 2 is 1.68 bits per heavy atom. The van der Waals surface area contributed by atoms with Gasteiger partial charge in [0, 0.05) is 10.9 Å². The number of rotatable bonds is 5. The summed E-state index contributed by atoms with van der Waals surface area (Å²) in [6, 6.07) is 18.7. The highest BCUT2D eigenvalue weighted by Crippen LogP contribution is 2.59. The Kier molecular flexibility index (Phi) is 6.71. The summed E-state index contributed by atoms with van der Waals surface area (Å²) < 4.78 is 40.0. The maximum absolute atomic E-state index is 14.1. The van der Waals surface area contributed by atoms with Crippen LogP contribution < -0.4 is 9.62 Å². The van der Waals surface area contributed by atoms with Crippen LogP contribution in [0.5, 0.6) is 0 Å². The van der Waals surface area contributed by atoms with Gasteiger partial charge in [0.2, 0.25) is 0 Å². The highest BCUT2D eigenvalue weighted by molar-refractivity contribution is 7.92. The minimum Gasteiger partial charge on any atom is -0.468 e. The maximum Gasteiger partial charge on any atom is 0.323 e. The fourth-order valence-corrected chi connectivity index (χ4v) is 7.49. The first-order chi connectivity index (χ1) is 18.1. The number of hydrogen-bond donors (Lipinski definition) is 1. The highest BCUT2D eigenvalue weighted by Gasteiger charge is 2.67. The zero-order valence-corrected chi connectivity index (χ0v) is 22.6. The third-order valence-electron chi connectivity index (χ3n) is 7.52. The molecular weight excluding hydrogens is 528 g/mol. The van der Waals surface area contributed by atoms with Gasteiger partial charge in [-0.1, -0.05) is 65.7 Å². The van der Waals surface area contributed by atoms with Crippen LogP contribution >= 0.6 is 11.6 Å². The zero-order chi connectivity index (χ0) is 27.2. The quantitative estimate of drug-likeness (QED) is 0.476. The Bertz CT molecular complexity index is 1500. The van der Waals surface area contributed by atoms with Gasteiger partial charge in [0.05, 0.1) is 37.4 Å². The molecule has 0 spiro atoms. The molecular formula is C28H27ClN2O6S. The van der Waals surface area contributed by atoms with Crippen LogP contribution in [0, 0.1) is 12.3 Å². The summed E-state index contributed by atoms with van der Waals surface area (Å²) in [4.78, 5) is 27.1. The lowest BCUT2D eigenvalue weighted by molar-refractivity contribution is -0.154. The van der Waals surface area contributed by atoms with Crippen molar-refractivity contribution in [1.82, 2.24) is 5.32 Å². The molecule has 2 aliphatic rings. The summed E-state index contributed by atoms with van der Waals surface area (Å²) >= 11 is 6.34. The van der Waals surface area contributed by atoms with E-state index in [0.29, 0.717) is 21.8 Å². The molecule has 3 aromatic carbocycles. The van der Waals surface area contributed by atoms with E-state index in [9.17, 15) is 18.0 Å². The number of aryl methyl sites for hydroxylation is 1. The Morgan fingerprint density at radius 3 is 2.32 bits per heavy atom. The number of ether oxygens (including phenoxy) is 2. The summed E-state index contributed by atoms with van der Waals surface area (Å²) in [5, 5.41) is 3.64. The van der Waals surface area contributed by atoms with E-state index in [1.807, 2.05) is 25.1 Å². The van der Waals surface area contributed by atoms with Gasteiger partial charge >= 0.3 is 11.9 Å². The van der Waals surface area contributed by atoms with Crippen LogP contribution in [0.15, 0.2) is 77.7 Å². The molecule has 1 fully saturated rings. The number of sulfonamides is 1. The molecule has 4 atom stereocenters. The lowest BCUT2D eigenvalue weighted by Crippen LogP contribution is -2.54. The molecule has 38 heavy (non-hydrogen) atoms. The van der Waals surface area contributed by atoms with Crippen molar-refractivity contribution in [2.45, 2.75) is 29.8 Å². The number of esters is 2. The molecule has 5 rings (SSSR count). The number of carbonyl (C=O) groups excluding carboxylic acids is 2. The molecule has 0 unspecified atom stereocenters. The largest absolute Gasteiger partial charge is 0.468 e. The second-order valence-electron chi connectivity index (χ2n) is 9.55. The summed E-state index contributed by atoms with van der Waals surface area (Å²) in [5.41, 5.74) is 0.908. The number of anilines is 1. The number of halogens is 1. The van der Waals surface area contributed by atoms with E-state index in [2.05, 4.69) is 5.32 Å². The van der Waals surface area contributed by atoms with Gasteiger partial charge in [-0.15, -0.1) is 0 Å². The second kappa shape index (κ2) is 9.72. The van der Waals surface area contributed by atoms with Crippen LogP contribution in [-0.2, 0) is 29.1 Å². The molecule has 0 bridgehead atoms.